The number of unbranched alkanes of at least 4 members (excludes halogenated alkanes) is 28. The third-order valence-electron chi connectivity index (χ3n) is 9.99. The Morgan fingerprint density at radius 2 is 0.660 bits per heavy atom. The van der Waals surface area contributed by atoms with E-state index in [0.29, 0.717) is 0 Å². The number of rotatable bonds is 35. The molecule has 0 aliphatic carbocycles. The Morgan fingerprint density at radius 1 is 0.472 bits per heavy atom. The number of carbonyl (C=O) groups excluding carboxylic acids is 2. The fourth-order valence-electron chi connectivity index (χ4n) is 6.15. The molecule has 0 aromatic carbocycles. The van der Waals surface area contributed by atoms with Crippen LogP contribution in [-0.2, 0) is 9.59 Å². The molecule has 0 amide bonds. The summed E-state index contributed by atoms with van der Waals surface area (Å²) in [5.41, 5.74) is 0. The Hall–Kier alpha value is -1.11. The summed E-state index contributed by atoms with van der Waals surface area (Å²) in [4.78, 5) is 22.0. The molecule has 322 valence electrons. The maximum Gasteiger partial charge on any atom is 0.135 e. The summed E-state index contributed by atoms with van der Waals surface area (Å²) in [6, 6.07) is 0.741. The monoisotopic (exact) mass is 777 g/mol. The molecular weight excluding hydrogens is 680 g/mol. The summed E-state index contributed by atoms with van der Waals surface area (Å²) in [5, 5.41) is 20.4. The molecule has 0 radical (unpaired) electrons. The summed E-state index contributed by atoms with van der Waals surface area (Å²) in [6.45, 7) is 14.1. The zero-order valence-electron chi connectivity index (χ0n) is 37.3. The molecule has 0 rings (SSSR count). The highest BCUT2D eigenvalue weighted by Gasteiger charge is 2.20. The van der Waals surface area contributed by atoms with Crippen LogP contribution in [-0.4, -0.2) is 64.2 Å². The van der Waals surface area contributed by atoms with Crippen LogP contribution >= 0.6 is 12.4 Å². The number of carbonyl (C=O) groups is 2. The van der Waals surface area contributed by atoms with Gasteiger partial charge in [-0.3, -0.25) is 0 Å². The molecule has 0 aromatic heterocycles. The van der Waals surface area contributed by atoms with Gasteiger partial charge in [-0.05, 0) is 32.6 Å². The van der Waals surface area contributed by atoms with Crippen LogP contribution in [0.4, 0.5) is 0 Å². The van der Waals surface area contributed by atoms with Crippen molar-refractivity contribution in [2.75, 3.05) is 41.8 Å². The molecule has 0 spiro atoms. The summed E-state index contributed by atoms with van der Waals surface area (Å²) < 4.78 is 1.06. The van der Waals surface area contributed by atoms with Crippen LogP contribution in [0.2, 0.25) is 0 Å². The number of nitrogens with zero attached hydrogens (tertiary/aromatic N) is 1. The molecule has 0 aliphatic heterocycles. The van der Waals surface area contributed by atoms with E-state index >= 15 is 0 Å². The second-order valence-corrected chi connectivity index (χ2v) is 16.5. The minimum absolute atomic E-state index is 0. The van der Waals surface area contributed by atoms with E-state index in [2.05, 4.69) is 69.2 Å². The first kappa shape index (κ1) is 61.1. The van der Waals surface area contributed by atoms with Gasteiger partial charge in [0.25, 0.3) is 0 Å². The number of nitrogens with one attached hydrogen (secondary N) is 1. The normalized spacial score (nSPS) is 11.3. The van der Waals surface area contributed by atoms with Crippen molar-refractivity contribution >= 4 is 24.3 Å². The molecule has 53 heavy (non-hydrogen) atoms. The van der Waals surface area contributed by atoms with Gasteiger partial charge in [-0.2, -0.15) is 0 Å². The largest absolute Gasteiger partial charge is 0.550 e. The third kappa shape index (κ3) is 66.1. The van der Waals surface area contributed by atoms with Gasteiger partial charge in [0.05, 0.1) is 35.2 Å². The van der Waals surface area contributed by atoms with Crippen LogP contribution in [0.1, 0.15) is 226 Å². The van der Waals surface area contributed by atoms with E-state index in [1.165, 1.54) is 178 Å². The highest BCUT2D eigenvalue weighted by atomic mass is 35.5. The highest BCUT2D eigenvalue weighted by Crippen LogP contribution is 2.15. The van der Waals surface area contributed by atoms with Gasteiger partial charge in [0, 0.05) is 11.9 Å². The lowest BCUT2D eigenvalue weighted by Crippen LogP contribution is -3.07. The first-order valence-corrected chi connectivity index (χ1v) is 22.4. The molecule has 0 saturated heterocycles. The topological polar surface area (TPSA) is 84.7 Å². The smallest absolute Gasteiger partial charge is 0.135 e. The standard InChI is InChI=1S/2C18H36O2.C8H21N2.C2H4.ClH/c2*1-2-3-4-5-6-7-8-9-10-11-12-13-14-15-16-17-18(19)20;1-8(7-9(2)3)10(4,5)6;1-2;/h2*2-17H2,1H3,(H,19,20);8H,7H2,1-6H3;1-2H2;1H/q;;+1;;/p-1. The van der Waals surface area contributed by atoms with Gasteiger partial charge in [0.2, 0.25) is 0 Å². The molecule has 6 nitrogen and oxygen atoms in total. The number of likely N-dealkylation sites (N-methyl/N-ethyl adjacent to an activating group) is 2. The van der Waals surface area contributed by atoms with Crippen molar-refractivity contribution < 1.29 is 29.2 Å². The van der Waals surface area contributed by atoms with E-state index in [0.717, 1.165) is 36.2 Å². The lowest BCUT2D eigenvalue weighted by molar-refractivity contribution is -0.942. The zero-order valence-corrected chi connectivity index (χ0v) is 38.1. The number of quaternary nitrogens is 2. The van der Waals surface area contributed by atoms with Crippen LogP contribution in [0, 0.1) is 0 Å². The molecule has 0 saturated carbocycles. The molecular formula is C46H97ClN2O4. The van der Waals surface area contributed by atoms with Gasteiger partial charge in [-0.1, -0.05) is 194 Å². The predicted octanol–water partition coefficient (Wildman–Crippen LogP) is 10.4. The van der Waals surface area contributed by atoms with Crippen LogP contribution < -0.4 is 15.1 Å². The second-order valence-electron chi connectivity index (χ2n) is 16.5. The molecule has 0 aliphatic rings. The first-order chi connectivity index (χ1) is 24.9. The fraction of sp³-hybridized carbons (Fsp3) is 0.913. The number of hydrogen-bond acceptors (Lipinski definition) is 4. The van der Waals surface area contributed by atoms with E-state index in [4.69, 9.17) is 0 Å². The molecule has 0 aromatic rings. The van der Waals surface area contributed by atoms with E-state index in [1.807, 2.05) is 0 Å². The van der Waals surface area contributed by atoms with Crippen LogP contribution in [0.15, 0.2) is 13.2 Å². The van der Waals surface area contributed by atoms with Gasteiger partial charge in [-0.15, -0.1) is 25.6 Å². The van der Waals surface area contributed by atoms with Gasteiger partial charge in [0.15, 0.2) is 0 Å². The maximum atomic E-state index is 10.2. The first-order valence-electron chi connectivity index (χ1n) is 22.4. The quantitative estimate of drug-likeness (QED) is 0.0395. The average Bonchev–Trinajstić information content (AvgIpc) is 3.09. The van der Waals surface area contributed by atoms with Crippen LogP contribution in [0.5, 0.6) is 0 Å². The van der Waals surface area contributed by atoms with Crippen molar-refractivity contribution in [2.24, 2.45) is 0 Å². The lowest BCUT2D eigenvalue weighted by Gasteiger charge is -2.31. The average molecular weight is 778 g/mol. The lowest BCUT2D eigenvalue weighted by atomic mass is 10.0. The van der Waals surface area contributed by atoms with Crippen molar-refractivity contribution in [1.29, 1.82) is 0 Å². The van der Waals surface area contributed by atoms with Crippen molar-refractivity contribution in [3.63, 3.8) is 0 Å². The molecule has 1 unspecified atom stereocenters. The fourth-order valence-corrected chi connectivity index (χ4v) is 6.15. The van der Waals surface area contributed by atoms with E-state index in [-0.39, 0.29) is 25.2 Å². The molecule has 0 fully saturated rings. The van der Waals surface area contributed by atoms with Crippen molar-refractivity contribution in [2.45, 2.75) is 232 Å². The Balaban J connectivity index is -0.000000221. The van der Waals surface area contributed by atoms with E-state index < -0.39 is 11.9 Å². The Labute approximate surface area is 339 Å². The Kier molecular flexibility index (Phi) is 58.7. The maximum absolute atomic E-state index is 10.2. The second kappa shape index (κ2) is 50.9. The Bertz CT molecular complexity index is 656. The number of carboxylic acid groups (broad SMARTS) is 2. The van der Waals surface area contributed by atoms with Gasteiger partial charge < -0.3 is 29.2 Å². The van der Waals surface area contributed by atoms with Crippen molar-refractivity contribution in [3.05, 3.63) is 13.2 Å². The molecule has 0 bridgehead atoms. The van der Waals surface area contributed by atoms with E-state index in [1.54, 1.807) is 0 Å². The number of halogens is 1. The number of carboxylic acids is 2. The summed E-state index contributed by atoms with van der Waals surface area (Å²) in [7, 11) is 11.1. The predicted molar refractivity (Wildman–Crippen MR) is 233 cm³/mol. The molecule has 1 atom stereocenters. The zero-order chi connectivity index (χ0) is 40.1. The SMILES string of the molecule is C=C.CC(C[NH+](C)C)[N+](C)(C)C.CCCCCCCCCCCCCCCCCC(=O)[O-].CCCCCCCCCCCCCCCCCC(=O)[O-].Cl. The van der Waals surface area contributed by atoms with Gasteiger partial charge >= 0.3 is 0 Å². The molecule has 1 N–H and O–H groups in total. The highest BCUT2D eigenvalue weighted by molar-refractivity contribution is 5.85. The van der Waals surface area contributed by atoms with Crippen molar-refractivity contribution in [3.8, 4) is 0 Å². The summed E-state index contributed by atoms with van der Waals surface area (Å²) in [5.74, 6) is -1.81. The van der Waals surface area contributed by atoms with Gasteiger partial charge in [0.1, 0.15) is 12.6 Å². The van der Waals surface area contributed by atoms with E-state index in [9.17, 15) is 19.8 Å². The minimum atomic E-state index is -0.903. The van der Waals surface area contributed by atoms with Crippen LogP contribution in [0.3, 0.4) is 0 Å². The molecule has 7 heteroatoms. The summed E-state index contributed by atoms with van der Waals surface area (Å²) >= 11 is 0. The minimum Gasteiger partial charge on any atom is -0.550 e. The Morgan fingerprint density at radius 3 is 0.792 bits per heavy atom. The van der Waals surface area contributed by atoms with Crippen LogP contribution in [0.25, 0.3) is 0 Å². The molecule has 0 heterocycles. The van der Waals surface area contributed by atoms with Crippen molar-refractivity contribution in [1.82, 2.24) is 0 Å². The summed E-state index contributed by atoms with van der Waals surface area (Å²) in [6.07, 6.45) is 39.7. The third-order valence-corrected chi connectivity index (χ3v) is 9.99. The number of aliphatic carboxylic acids is 2. The van der Waals surface area contributed by atoms with Gasteiger partial charge in [-0.25, -0.2) is 0 Å². The number of hydrogen-bond donors (Lipinski definition) is 1.